The van der Waals surface area contributed by atoms with Gasteiger partial charge in [0, 0.05) is 18.2 Å². The molecule has 1 aromatic heterocycles. The minimum absolute atomic E-state index is 0.0889. The van der Waals surface area contributed by atoms with Crippen LogP contribution in [0.25, 0.3) is 0 Å². The first-order chi connectivity index (χ1) is 6.86. The molecule has 0 atom stereocenters. The van der Waals surface area contributed by atoms with Crippen molar-refractivity contribution in [2.45, 2.75) is 13.3 Å². The first-order valence-corrected chi connectivity index (χ1v) is 4.54. The normalized spacial score (nSPS) is 9.00. The maximum Gasteiger partial charge on any atom is 0.138 e. The summed E-state index contributed by atoms with van der Waals surface area (Å²) in [6.07, 6.45) is 3.81. The fourth-order valence-corrected chi connectivity index (χ4v) is 0.953. The van der Waals surface area contributed by atoms with Crippen LogP contribution in [0.5, 0.6) is 5.75 Å². The molecule has 0 aromatic carbocycles. The zero-order valence-corrected chi connectivity index (χ0v) is 8.16. The summed E-state index contributed by atoms with van der Waals surface area (Å²) < 4.78 is 5.27. The number of hydrogen-bond donors (Lipinski definition) is 1. The third-order valence-electron chi connectivity index (χ3n) is 1.49. The lowest BCUT2D eigenvalue weighted by Crippen LogP contribution is -1.92. The molecule has 0 amide bonds. The number of rotatable bonds is 3. The second kappa shape index (κ2) is 6.01. The van der Waals surface area contributed by atoms with Gasteiger partial charge in [0.05, 0.1) is 19.4 Å². The van der Waals surface area contributed by atoms with E-state index in [0.717, 1.165) is 11.3 Å². The van der Waals surface area contributed by atoms with Crippen molar-refractivity contribution >= 4 is 0 Å². The number of nitrogens with zero attached hydrogens (tertiary/aromatic N) is 1. The monoisotopic (exact) mass is 191 g/mol. The van der Waals surface area contributed by atoms with Crippen LogP contribution in [-0.2, 0) is 0 Å². The van der Waals surface area contributed by atoms with Crippen molar-refractivity contribution in [1.29, 1.82) is 0 Å². The lowest BCUT2D eigenvalue weighted by Gasteiger charge is -2.00. The molecule has 1 N–H and O–H groups in total. The van der Waals surface area contributed by atoms with Crippen molar-refractivity contribution in [1.82, 2.24) is 4.98 Å². The van der Waals surface area contributed by atoms with E-state index in [4.69, 9.17) is 9.84 Å². The van der Waals surface area contributed by atoms with Gasteiger partial charge >= 0.3 is 0 Å². The highest BCUT2D eigenvalue weighted by atomic mass is 16.5. The van der Waals surface area contributed by atoms with Gasteiger partial charge in [-0.05, 0) is 13.0 Å². The highest BCUT2D eigenvalue weighted by Gasteiger charge is 1.93. The van der Waals surface area contributed by atoms with Gasteiger partial charge in [0.25, 0.3) is 0 Å². The number of ether oxygens (including phenoxy) is 1. The molecule has 0 unspecified atom stereocenters. The Morgan fingerprint density at radius 2 is 2.36 bits per heavy atom. The lowest BCUT2D eigenvalue weighted by molar-refractivity contribution is 0.305. The van der Waals surface area contributed by atoms with Gasteiger partial charge in [-0.1, -0.05) is 11.8 Å². The number of aromatic nitrogens is 1. The Labute approximate surface area is 83.7 Å². The molecule has 0 fully saturated rings. The van der Waals surface area contributed by atoms with Crippen molar-refractivity contribution in [3.8, 4) is 17.6 Å². The summed E-state index contributed by atoms with van der Waals surface area (Å²) in [5.41, 5.74) is 0.810. The Morgan fingerprint density at radius 3 is 3.07 bits per heavy atom. The van der Waals surface area contributed by atoms with Crippen LogP contribution in [0, 0.1) is 11.8 Å². The summed E-state index contributed by atoms with van der Waals surface area (Å²) in [6, 6.07) is 1.83. The van der Waals surface area contributed by atoms with Crippen LogP contribution >= 0.6 is 0 Å². The van der Waals surface area contributed by atoms with Gasteiger partial charge in [-0.3, -0.25) is 4.98 Å². The van der Waals surface area contributed by atoms with Gasteiger partial charge in [0.1, 0.15) is 5.75 Å². The average molecular weight is 191 g/mol. The fraction of sp³-hybridized carbons (Fsp3) is 0.364. The molecule has 3 nitrogen and oxygen atoms in total. The standard InChI is InChI=1S/C11H13NO2/c1-2-14-11-7-10(8-12-9-11)5-3-4-6-13/h7-9,13H,2,4,6H2,1H3. The first-order valence-electron chi connectivity index (χ1n) is 4.54. The van der Waals surface area contributed by atoms with Gasteiger partial charge < -0.3 is 9.84 Å². The minimum Gasteiger partial charge on any atom is -0.492 e. The van der Waals surface area contributed by atoms with Crippen molar-refractivity contribution in [2.75, 3.05) is 13.2 Å². The smallest absolute Gasteiger partial charge is 0.138 e. The molecule has 0 saturated carbocycles. The molecule has 74 valence electrons. The van der Waals surface area contributed by atoms with E-state index < -0.39 is 0 Å². The molecule has 0 aliphatic carbocycles. The van der Waals surface area contributed by atoms with E-state index in [0.29, 0.717) is 13.0 Å². The molecule has 0 aliphatic rings. The topological polar surface area (TPSA) is 42.4 Å². The molecule has 0 saturated heterocycles. The first kappa shape index (κ1) is 10.6. The van der Waals surface area contributed by atoms with Crippen LogP contribution in [-0.4, -0.2) is 23.3 Å². The predicted molar refractivity (Wildman–Crippen MR) is 54.0 cm³/mol. The Morgan fingerprint density at radius 1 is 1.50 bits per heavy atom. The number of pyridine rings is 1. The van der Waals surface area contributed by atoms with E-state index in [9.17, 15) is 0 Å². The molecule has 0 radical (unpaired) electrons. The van der Waals surface area contributed by atoms with Crippen molar-refractivity contribution in [3.63, 3.8) is 0 Å². The minimum atomic E-state index is 0.0889. The van der Waals surface area contributed by atoms with Gasteiger partial charge in [0.2, 0.25) is 0 Å². The second-order valence-corrected chi connectivity index (χ2v) is 2.62. The molecule has 0 aliphatic heterocycles. The van der Waals surface area contributed by atoms with Crippen molar-refractivity contribution in [2.24, 2.45) is 0 Å². The molecule has 0 spiro atoms. The van der Waals surface area contributed by atoms with E-state index >= 15 is 0 Å². The zero-order chi connectivity index (χ0) is 10.2. The predicted octanol–water partition coefficient (Wildman–Crippen LogP) is 1.21. The molecule has 1 heterocycles. The van der Waals surface area contributed by atoms with Gasteiger partial charge in [0.15, 0.2) is 0 Å². The fourth-order valence-electron chi connectivity index (χ4n) is 0.953. The summed E-state index contributed by atoms with van der Waals surface area (Å²) in [7, 11) is 0. The Hall–Kier alpha value is -1.53. The highest BCUT2D eigenvalue weighted by Crippen LogP contribution is 2.09. The molecular formula is C11H13NO2. The zero-order valence-electron chi connectivity index (χ0n) is 8.16. The summed E-state index contributed by atoms with van der Waals surface area (Å²) in [5, 5.41) is 8.54. The van der Waals surface area contributed by atoms with Gasteiger partial charge in [-0.2, -0.15) is 0 Å². The summed E-state index contributed by atoms with van der Waals surface area (Å²) in [4.78, 5) is 3.99. The average Bonchev–Trinajstić information content (AvgIpc) is 2.19. The van der Waals surface area contributed by atoms with Crippen LogP contribution in [0.15, 0.2) is 18.5 Å². The Bertz CT molecular complexity index is 339. The highest BCUT2D eigenvalue weighted by molar-refractivity contribution is 5.36. The maximum absolute atomic E-state index is 8.54. The molecule has 0 bridgehead atoms. The molecule has 3 heteroatoms. The van der Waals surface area contributed by atoms with Gasteiger partial charge in [-0.15, -0.1) is 0 Å². The third kappa shape index (κ3) is 3.46. The quantitative estimate of drug-likeness (QED) is 0.730. The number of aliphatic hydroxyl groups excluding tert-OH is 1. The van der Waals surface area contributed by atoms with E-state index in [2.05, 4.69) is 16.8 Å². The second-order valence-electron chi connectivity index (χ2n) is 2.62. The Kier molecular flexibility index (Phi) is 4.53. The molecule has 1 aromatic rings. The van der Waals surface area contributed by atoms with Crippen LogP contribution in [0.3, 0.4) is 0 Å². The van der Waals surface area contributed by atoms with Crippen LogP contribution in [0.4, 0.5) is 0 Å². The Balaban J connectivity index is 2.69. The van der Waals surface area contributed by atoms with E-state index in [1.54, 1.807) is 12.4 Å². The largest absolute Gasteiger partial charge is 0.492 e. The SMILES string of the molecule is CCOc1cncc(C#CCCO)c1. The van der Waals surface area contributed by atoms with Crippen molar-refractivity contribution in [3.05, 3.63) is 24.0 Å². The number of hydrogen-bond acceptors (Lipinski definition) is 3. The molecular weight excluding hydrogens is 178 g/mol. The van der Waals surface area contributed by atoms with Crippen LogP contribution in [0.1, 0.15) is 18.9 Å². The summed E-state index contributed by atoms with van der Waals surface area (Å²) >= 11 is 0. The van der Waals surface area contributed by atoms with Crippen molar-refractivity contribution < 1.29 is 9.84 Å². The molecule has 1 rings (SSSR count). The summed E-state index contributed by atoms with van der Waals surface area (Å²) in [5.74, 6) is 6.44. The van der Waals surface area contributed by atoms with Crippen LogP contribution < -0.4 is 4.74 Å². The van der Waals surface area contributed by atoms with E-state index in [1.165, 1.54) is 0 Å². The molecule has 14 heavy (non-hydrogen) atoms. The van der Waals surface area contributed by atoms with Gasteiger partial charge in [-0.25, -0.2) is 0 Å². The third-order valence-corrected chi connectivity index (χ3v) is 1.49. The number of aliphatic hydroxyl groups is 1. The van der Waals surface area contributed by atoms with E-state index in [1.807, 2.05) is 13.0 Å². The lowest BCUT2D eigenvalue weighted by atomic mass is 10.2. The maximum atomic E-state index is 8.54. The van der Waals surface area contributed by atoms with E-state index in [-0.39, 0.29) is 6.61 Å². The summed E-state index contributed by atoms with van der Waals surface area (Å²) in [6.45, 7) is 2.63. The van der Waals surface area contributed by atoms with Crippen LogP contribution in [0.2, 0.25) is 0 Å².